The molecule has 5 N–H and O–H groups in total. The molecule has 2 aromatic rings. The van der Waals surface area contributed by atoms with Gasteiger partial charge in [0.1, 0.15) is 5.78 Å². The molecule has 1 aromatic carbocycles. The number of aromatic amines is 1. The fourth-order valence-electron chi connectivity index (χ4n) is 2.34. The van der Waals surface area contributed by atoms with Crippen molar-refractivity contribution < 1.29 is 19.8 Å². The quantitative estimate of drug-likeness (QED) is 0.629. The fraction of sp³-hybridized carbons (Fsp3) is 0.333. The minimum atomic E-state index is -2.07. The minimum absolute atomic E-state index is 0.118. The van der Waals surface area contributed by atoms with E-state index in [0.29, 0.717) is 5.56 Å². The Morgan fingerprint density at radius 1 is 1.38 bits per heavy atom. The molecule has 2 rings (SSSR count). The molecule has 112 valence electrons. The van der Waals surface area contributed by atoms with Gasteiger partial charge < -0.3 is 20.9 Å². The third-order valence-corrected chi connectivity index (χ3v) is 3.64. The molecule has 0 aliphatic carbocycles. The number of aromatic nitrogens is 1. The lowest BCUT2D eigenvalue weighted by molar-refractivity contribution is -0.159. The molecule has 0 unspecified atom stereocenters. The minimum Gasteiger partial charge on any atom is -0.479 e. The van der Waals surface area contributed by atoms with Gasteiger partial charge in [0.05, 0.1) is 6.04 Å². The molecule has 1 heterocycles. The number of carboxylic acids is 1. The van der Waals surface area contributed by atoms with Crippen LogP contribution in [0.15, 0.2) is 30.5 Å². The molecule has 21 heavy (non-hydrogen) atoms. The van der Waals surface area contributed by atoms with Crippen molar-refractivity contribution in [1.82, 2.24) is 4.98 Å². The molecule has 0 bridgehead atoms. The van der Waals surface area contributed by atoms with Gasteiger partial charge in [0.2, 0.25) is 0 Å². The van der Waals surface area contributed by atoms with Crippen LogP contribution < -0.4 is 5.73 Å². The molecule has 0 fully saturated rings. The Kier molecular flexibility index (Phi) is 4.11. The van der Waals surface area contributed by atoms with Gasteiger partial charge in [-0.05, 0) is 18.6 Å². The third kappa shape index (κ3) is 3.12. The predicted octanol–water partition coefficient (Wildman–Crippen LogP) is 0.832. The normalized spacial score (nSPS) is 15.6. The lowest BCUT2D eigenvalue weighted by Crippen LogP contribution is -2.47. The van der Waals surface area contributed by atoms with Crippen molar-refractivity contribution in [3.05, 3.63) is 36.0 Å². The van der Waals surface area contributed by atoms with Crippen molar-refractivity contribution in [1.29, 1.82) is 0 Å². The lowest BCUT2D eigenvalue weighted by atomic mass is 9.87. The van der Waals surface area contributed by atoms with Crippen LogP contribution in [-0.4, -0.2) is 38.6 Å². The number of rotatable bonds is 6. The van der Waals surface area contributed by atoms with Crippen molar-refractivity contribution in [3.63, 3.8) is 0 Å². The summed E-state index contributed by atoms with van der Waals surface area (Å²) >= 11 is 0. The lowest BCUT2D eigenvalue weighted by Gasteiger charge is -2.25. The van der Waals surface area contributed by atoms with E-state index in [1.54, 1.807) is 6.20 Å². The second-order valence-electron chi connectivity index (χ2n) is 5.29. The first-order chi connectivity index (χ1) is 9.83. The zero-order chi connectivity index (χ0) is 15.6. The second kappa shape index (κ2) is 5.67. The predicted molar refractivity (Wildman–Crippen MR) is 77.9 cm³/mol. The highest BCUT2D eigenvalue weighted by Crippen LogP contribution is 2.25. The Balaban J connectivity index is 2.31. The van der Waals surface area contributed by atoms with Crippen molar-refractivity contribution in [2.45, 2.75) is 31.4 Å². The molecule has 0 saturated heterocycles. The number of nitrogens with one attached hydrogen (secondary N) is 1. The molecular weight excluding hydrogens is 272 g/mol. The standard InChI is InChI=1S/C15H18N2O4/c1-9(18)12(16)7-15(21,14(19)20)6-10-8-17-13-5-3-2-4-11(10)13/h2-5,8,12,17,21H,6-7,16H2,1H3,(H,19,20)/t12-,15+/m0/s1. The molecule has 0 aliphatic heterocycles. The van der Waals surface area contributed by atoms with E-state index in [0.717, 1.165) is 10.9 Å². The van der Waals surface area contributed by atoms with E-state index in [1.807, 2.05) is 24.3 Å². The van der Waals surface area contributed by atoms with Gasteiger partial charge >= 0.3 is 5.97 Å². The number of fused-ring (bicyclic) bond motifs is 1. The van der Waals surface area contributed by atoms with Gasteiger partial charge in [-0.3, -0.25) is 4.79 Å². The number of aliphatic hydroxyl groups is 1. The Morgan fingerprint density at radius 3 is 2.67 bits per heavy atom. The van der Waals surface area contributed by atoms with Gasteiger partial charge in [-0.1, -0.05) is 18.2 Å². The van der Waals surface area contributed by atoms with E-state index in [9.17, 15) is 19.8 Å². The maximum atomic E-state index is 11.4. The number of hydrogen-bond donors (Lipinski definition) is 4. The fourth-order valence-corrected chi connectivity index (χ4v) is 2.34. The Labute approximate surface area is 121 Å². The molecular formula is C15H18N2O4. The van der Waals surface area contributed by atoms with E-state index in [2.05, 4.69) is 4.98 Å². The van der Waals surface area contributed by atoms with Crippen LogP contribution in [0.2, 0.25) is 0 Å². The Hall–Kier alpha value is -2.18. The molecule has 1 aromatic heterocycles. The van der Waals surface area contributed by atoms with Crippen LogP contribution in [0.1, 0.15) is 18.9 Å². The average molecular weight is 290 g/mol. The van der Waals surface area contributed by atoms with E-state index in [4.69, 9.17) is 5.73 Å². The Morgan fingerprint density at radius 2 is 2.05 bits per heavy atom. The average Bonchev–Trinajstić information content (AvgIpc) is 2.81. The first kappa shape index (κ1) is 15.2. The zero-order valence-corrected chi connectivity index (χ0v) is 11.7. The number of benzene rings is 1. The number of para-hydroxylation sites is 1. The number of Topliss-reactive ketones (excluding diaryl/α,β-unsaturated/α-hetero) is 1. The summed E-state index contributed by atoms with van der Waals surface area (Å²) in [5, 5.41) is 20.5. The van der Waals surface area contributed by atoms with Crippen LogP contribution in [0, 0.1) is 0 Å². The maximum Gasteiger partial charge on any atom is 0.336 e. The van der Waals surface area contributed by atoms with Crippen molar-refractivity contribution in [3.8, 4) is 0 Å². The molecule has 0 amide bonds. The third-order valence-electron chi connectivity index (χ3n) is 3.64. The summed E-state index contributed by atoms with van der Waals surface area (Å²) in [4.78, 5) is 25.7. The summed E-state index contributed by atoms with van der Waals surface area (Å²) in [6.45, 7) is 1.28. The molecule has 0 saturated carbocycles. The summed E-state index contributed by atoms with van der Waals surface area (Å²) in [7, 11) is 0. The number of hydrogen-bond acceptors (Lipinski definition) is 4. The smallest absolute Gasteiger partial charge is 0.336 e. The number of carbonyl (C=O) groups is 2. The molecule has 0 radical (unpaired) electrons. The number of ketones is 1. The summed E-state index contributed by atoms with van der Waals surface area (Å²) in [5.74, 6) is -1.74. The SMILES string of the molecule is CC(=O)[C@@H](N)C[C@](O)(Cc1c[nH]c2ccccc12)C(=O)O. The van der Waals surface area contributed by atoms with Crippen LogP contribution in [0.25, 0.3) is 10.9 Å². The molecule has 0 spiro atoms. The second-order valence-corrected chi connectivity index (χ2v) is 5.29. The van der Waals surface area contributed by atoms with Crippen molar-refractivity contribution >= 4 is 22.7 Å². The number of nitrogens with two attached hydrogens (primary N) is 1. The van der Waals surface area contributed by atoms with Gasteiger partial charge in [0.15, 0.2) is 5.60 Å². The molecule has 0 aliphatic rings. The maximum absolute atomic E-state index is 11.4. The number of carbonyl (C=O) groups excluding carboxylic acids is 1. The topological polar surface area (TPSA) is 116 Å². The van der Waals surface area contributed by atoms with Crippen LogP contribution in [0.5, 0.6) is 0 Å². The van der Waals surface area contributed by atoms with Gasteiger partial charge in [-0.2, -0.15) is 0 Å². The number of carboxylic acid groups (broad SMARTS) is 1. The van der Waals surface area contributed by atoms with Crippen LogP contribution in [-0.2, 0) is 16.0 Å². The van der Waals surface area contributed by atoms with Gasteiger partial charge in [-0.15, -0.1) is 0 Å². The van der Waals surface area contributed by atoms with Gasteiger partial charge in [0, 0.05) is 29.9 Å². The van der Waals surface area contributed by atoms with Gasteiger partial charge in [-0.25, -0.2) is 4.79 Å². The monoisotopic (exact) mass is 290 g/mol. The van der Waals surface area contributed by atoms with Gasteiger partial charge in [0.25, 0.3) is 0 Å². The van der Waals surface area contributed by atoms with E-state index >= 15 is 0 Å². The largest absolute Gasteiger partial charge is 0.479 e. The molecule has 2 atom stereocenters. The van der Waals surface area contributed by atoms with Crippen LogP contribution >= 0.6 is 0 Å². The molecule has 6 heteroatoms. The summed E-state index contributed by atoms with van der Waals surface area (Å²) in [6, 6.07) is 6.39. The highest BCUT2D eigenvalue weighted by atomic mass is 16.4. The van der Waals surface area contributed by atoms with E-state index in [-0.39, 0.29) is 18.6 Å². The summed E-state index contributed by atoms with van der Waals surface area (Å²) < 4.78 is 0. The highest BCUT2D eigenvalue weighted by molar-refractivity contribution is 5.86. The molecule has 6 nitrogen and oxygen atoms in total. The van der Waals surface area contributed by atoms with Crippen molar-refractivity contribution in [2.75, 3.05) is 0 Å². The van der Waals surface area contributed by atoms with Crippen LogP contribution in [0.3, 0.4) is 0 Å². The summed E-state index contributed by atoms with van der Waals surface area (Å²) in [5.41, 5.74) is 5.06. The highest BCUT2D eigenvalue weighted by Gasteiger charge is 2.39. The Bertz CT molecular complexity index is 679. The number of aliphatic carboxylic acids is 1. The van der Waals surface area contributed by atoms with E-state index < -0.39 is 17.6 Å². The summed E-state index contributed by atoms with van der Waals surface area (Å²) in [6.07, 6.45) is 1.22. The van der Waals surface area contributed by atoms with Crippen LogP contribution in [0.4, 0.5) is 0 Å². The number of H-pyrrole nitrogens is 1. The van der Waals surface area contributed by atoms with E-state index in [1.165, 1.54) is 6.92 Å². The zero-order valence-electron chi connectivity index (χ0n) is 11.7. The first-order valence-corrected chi connectivity index (χ1v) is 6.60. The first-order valence-electron chi connectivity index (χ1n) is 6.60. The van der Waals surface area contributed by atoms with Crippen molar-refractivity contribution in [2.24, 2.45) is 5.73 Å².